The molecule has 1 atom stereocenters. The topological polar surface area (TPSA) is 99.5 Å². The lowest BCUT2D eigenvalue weighted by atomic mass is 9.95. The van der Waals surface area contributed by atoms with Crippen LogP contribution < -0.4 is 4.74 Å². The molecule has 190 valence electrons. The molecule has 1 amide bonds. The predicted molar refractivity (Wildman–Crippen MR) is 136 cm³/mol. The molecule has 0 saturated carbocycles. The highest BCUT2D eigenvalue weighted by atomic mass is 16.5. The van der Waals surface area contributed by atoms with E-state index in [0.717, 1.165) is 25.2 Å². The number of nitrogens with zero attached hydrogens (tertiary/aromatic N) is 2. The molecule has 1 unspecified atom stereocenters. The predicted octanol–water partition coefficient (Wildman–Crippen LogP) is 3.49. The maximum absolute atomic E-state index is 13.3. The van der Waals surface area contributed by atoms with Gasteiger partial charge < -0.3 is 24.6 Å². The minimum absolute atomic E-state index is 0.0201. The largest absolute Gasteiger partial charge is 0.504 e. The zero-order valence-electron chi connectivity index (χ0n) is 20.4. The highest BCUT2D eigenvalue weighted by molar-refractivity contribution is 6.14. The number of hydrogen-bond acceptors (Lipinski definition) is 7. The number of ketones is 1. The lowest BCUT2D eigenvalue weighted by Gasteiger charge is -2.30. The summed E-state index contributed by atoms with van der Waals surface area (Å²) in [7, 11) is 0. The normalized spacial score (nSPS) is 18.9. The molecule has 2 aliphatic rings. The van der Waals surface area contributed by atoms with Crippen LogP contribution in [0.5, 0.6) is 11.5 Å². The van der Waals surface area contributed by atoms with Crippen LogP contribution >= 0.6 is 0 Å². The van der Waals surface area contributed by atoms with Crippen LogP contribution in [0.25, 0.3) is 6.08 Å². The number of rotatable bonds is 10. The molecule has 0 aromatic heterocycles. The van der Waals surface area contributed by atoms with Gasteiger partial charge in [0, 0.05) is 26.2 Å². The first kappa shape index (κ1) is 25.5. The third-order valence-corrected chi connectivity index (χ3v) is 6.37. The van der Waals surface area contributed by atoms with Gasteiger partial charge in [-0.3, -0.25) is 14.5 Å². The summed E-state index contributed by atoms with van der Waals surface area (Å²) >= 11 is 0. The quantitative estimate of drug-likeness (QED) is 0.490. The van der Waals surface area contributed by atoms with Gasteiger partial charge in [0.2, 0.25) is 0 Å². The first-order chi connectivity index (χ1) is 17.5. The maximum Gasteiger partial charge on any atom is 0.290 e. The summed E-state index contributed by atoms with van der Waals surface area (Å²) in [6.07, 6.45) is 3.71. The van der Waals surface area contributed by atoms with Crippen LogP contribution in [-0.2, 0) is 14.3 Å². The molecule has 8 nitrogen and oxygen atoms in total. The van der Waals surface area contributed by atoms with E-state index >= 15 is 0 Å². The summed E-state index contributed by atoms with van der Waals surface area (Å²) in [6, 6.07) is 13.3. The zero-order chi connectivity index (χ0) is 25.5. The Morgan fingerprint density at radius 1 is 1.11 bits per heavy atom. The molecule has 2 aromatic carbocycles. The molecule has 2 heterocycles. The lowest BCUT2D eigenvalue weighted by Crippen LogP contribution is -2.39. The van der Waals surface area contributed by atoms with Crippen molar-refractivity contribution in [3.8, 4) is 11.5 Å². The number of aliphatic hydroxyl groups is 1. The van der Waals surface area contributed by atoms with E-state index in [1.54, 1.807) is 25.1 Å². The Morgan fingerprint density at radius 2 is 1.86 bits per heavy atom. The Balaban J connectivity index is 1.62. The van der Waals surface area contributed by atoms with E-state index in [-0.39, 0.29) is 17.1 Å². The fraction of sp³-hybridized carbons (Fsp3) is 0.357. The van der Waals surface area contributed by atoms with Crippen molar-refractivity contribution in [2.24, 2.45) is 0 Å². The summed E-state index contributed by atoms with van der Waals surface area (Å²) in [5.41, 5.74) is 1.43. The fourth-order valence-electron chi connectivity index (χ4n) is 4.57. The van der Waals surface area contributed by atoms with Gasteiger partial charge in [0.1, 0.15) is 0 Å². The van der Waals surface area contributed by atoms with Gasteiger partial charge in [-0.05, 0) is 42.7 Å². The van der Waals surface area contributed by atoms with E-state index in [9.17, 15) is 19.8 Å². The number of ether oxygens (including phenoxy) is 2. The molecule has 2 N–H and O–H groups in total. The number of aliphatic hydroxyl groups excluding tert-OH is 1. The van der Waals surface area contributed by atoms with Crippen molar-refractivity contribution in [3.63, 3.8) is 0 Å². The monoisotopic (exact) mass is 492 g/mol. The molecule has 8 heteroatoms. The Kier molecular flexibility index (Phi) is 8.40. The van der Waals surface area contributed by atoms with Crippen molar-refractivity contribution in [1.82, 2.24) is 9.80 Å². The molecular formula is C28H32N2O6. The highest BCUT2D eigenvalue weighted by Crippen LogP contribution is 2.41. The molecule has 0 aliphatic carbocycles. The molecular weight excluding hydrogens is 460 g/mol. The zero-order valence-corrected chi connectivity index (χ0v) is 20.4. The van der Waals surface area contributed by atoms with Crippen molar-refractivity contribution < 1.29 is 29.3 Å². The van der Waals surface area contributed by atoms with Gasteiger partial charge in [0.25, 0.3) is 5.91 Å². The van der Waals surface area contributed by atoms with Gasteiger partial charge >= 0.3 is 0 Å². The highest BCUT2D eigenvalue weighted by Gasteiger charge is 2.42. The first-order valence-corrected chi connectivity index (χ1v) is 12.3. The van der Waals surface area contributed by atoms with E-state index in [4.69, 9.17) is 9.47 Å². The lowest BCUT2D eigenvalue weighted by molar-refractivity contribution is -0.129. The summed E-state index contributed by atoms with van der Waals surface area (Å²) in [5.74, 6) is -1.34. The summed E-state index contributed by atoms with van der Waals surface area (Å²) < 4.78 is 10.9. The Hall–Kier alpha value is -3.62. The van der Waals surface area contributed by atoms with Crippen LogP contribution in [0.15, 0.2) is 65.9 Å². The molecule has 1 saturated heterocycles. The number of phenolic OH excluding ortho intramolecular Hbond substituents is 1. The number of carbonyl (C=O) groups excluding carboxylic acids is 2. The van der Waals surface area contributed by atoms with Gasteiger partial charge in [-0.1, -0.05) is 42.5 Å². The maximum atomic E-state index is 13.3. The van der Waals surface area contributed by atoms with Gasteiger partial charge in [0.05, 0.1) is 31.4 Å². The van der Waals surface area contributed by atoms with Crippen LogP contribution in [0.3, 0.4) is 0 Å². The first-order valence-electron chi connectivity index (χ1n) is 12.3. The molecule has 2 aromatic rings. The Labute approximate surface area is 211 Å². The molecule has 1 fully saturated rings. The summed E-state index contributed by atoms with van der Waals surface area (Å²) in [4.78, 5) is 30.3. The second kappa shape index (κ2) is 11.9. The number of allylic oxidation sites excluding steroid dienone is 1. The Bertz CT molecular complexity index is 1140. The minimum Gasteiger partial charge on any atom is -0.504 e. The van der Waals surface area contributed by atoms with Crippen LogP contribution in [0.1, 0.15) is 30.5 Å². The number of aromatic hydroxyl groups is 1. The number of morpholine rings is 1. The SMILES string of the molecule is CCOc1cc(C2C(C(=O)/C=C/c3ccccc3)=C(O)C(=O)N2CCCN2CCOCC2)ccc1O. The minimum atomic E-state index is -0.796. The van der Waals surface area contributed by atoms with Gasteiger partial charge in [-0.15, -0.1) is 0 Å². The van der Waals surface area contributed by atoms with Gasteiger partial charge in [-0.2, -0.15) is 0 Å². The van der Waals surface area contributed by atoms with Crippen LogP contribution in [0.4, 0.5) is 0 Å². The number of amides is 1. The smallest absolute Gasteiger partial charge is 0.290 e. The van der Waals surface area contributed by atoms with E-state index in [1.165, 1.54) is 17.0 Å². The van der Waals surface area contributed by atoms with E-state index in [0.29, 0.717) is 38.3 Å². The van der Waals surface area contributed by atoms with Crippen LogP contribution in [0, 0.1) is 0 Å². The molecule has 4 rings (SSSR count). The van der Waals surface area contributed by atoms with E-state index < -0.39 is 23.5 Å². The van der Waals surface area contributed by atoms with Gasteiger partial charge in [-0.25, -0.2) is 0 Å². The van der Waals surface area contributed by atoms with Crippen LogP contribution in [0.2, 0.25) is 0 Å². The fourth-order valence-corrected chi connectivity index (χ4v) is 4.57. The molecule has 2 aliphatic heterocycles. The average Bonchev–Trinajstić information content (AvgIpc) is 3.15. The van der Waals surface area contributed by atoms with Crippen molar-refractivity contribution in [3.05, 3.63) is 77.1 Å². The van der Waals surface area contributed by atoms with Crippen molar-refractivity contribution in [2.75, 3.05) is 46.0 Å². The Morgan fingerprint density at radius 3 is 2.58 bits per heavy atom. The second-order valence-corrected chi connectivity index (χ2v) is 8.74. The van der Waals surface area contributed by atoms with E-state index in [2.05, 4.69) is 4.90 Å². The number of hydrogen-bond donors (Lipinski definition) is 2. The van der Waals surface area contributed by atoms with Crippen molar-refractivity contribution in [2.45, 2.75) is 19.4 Å². The number of phenols is 1. The summed E-state index contributed by atoms with van der Waals surface area (Å²) in [5, 5.41) is 21.0. The molecule has 0 radical (unpaired) electrons. The molecule has 0 bridgehead atoms. The second-order valence-electron chi connectivity index (χ2n) is 8.74. The number of benzene rings is 2. The van der Waals surface area contributed by atoms with E-state index in [1.807, 2.05) is 30.3 Å². The third kappa shape index (κ3) is 5.78. The summed E-state index contributed by atoms with van der Waals surface area (Å²) in [6.45, 7) is 6.33. The van der Waals surface area contributed by atoms with Crippen LogP contribution in [-0.4, -0.2) is 77.7 Å². The standard InChI is InChI=1S/C28H32N2O6/c1-2-36-24-19-21(10-12-22(24)31)26-25(23(32)11-9-20-7-4-3-5-8-20)27(33)28(34)30(26)14-6-13-29-15-17-35-18-16-29/h3-5,7-12,19,26,31,33H,2,6,13-18H2,1H3/b11-9+. The van der Waals surface area contributed by atoms with Crippen molar-refractivity contribution >= 4 is 17.8 Å². The van der Waals surface area contributed by atoms with Gasteiger partial charge in [0.15, 0.2) is 23.0 Å². The van der Waals surface area contributed by atoms with Crippen molar-refractivity contribution in [1.29, 1.82) is 0 Å². The molecule has 0 spiro atoms. The number of carbonyl (C=O) groups is 2. The average molecular weight is 493 g/mol. The third-order valence-electron chi connectivity index (χ3n) is 6.37. The molecule has 36 heavy (non-hydrogen) atoms.